The average molecular weight is 369 g/mol. The Bertz CT molecular complexity index is 813. The van der Waals surface area contributed by atoms with Gasteiger partial charge in [0.25, 0.3) is 5.91 Å². The molecule has 0 bridgehead atoms. The van der Waals surface area contributed by atoms with E-state index in [4.69, 9.17) is 28.9 Å². The minimum Gasteiger partial charge on any atom is -0.365 e. The van der Waals surface area contributed by atoms with Crippen LogP contribution in [0.1, 0.15) is 26.4 Å². The van der Waals surface area contributed by atoms with Crippen molar-refractivity contribution in [2.24, 2.45) is 5.73 Å². The molecule has 0 saturated carbocycles. The summed E-state index contributed by atoms with van der Waals surface area (Å²) in [6.07, 6.45) is 2.91. The second-order valence-corrected chi connectivity index (χ2v) is 6.91. The number of thiophene rings is 1. The van der Waals surface area contributed by atoms with Gasteiger partial charge in [-0.05, 0) is 43.2 Å². The number of aryl methyl sites for hydroxylation is 1. The first-order valence-corrected chi connectivity index (χ1v) is 8.20. The molecule has 2 aromatic rings. The fourth-order valence-electron chi connectivity index (χ4n) is 1.97. The van der Waals surface area contributed by atoms with Crippen LogP contribution in [0.2, 0.25) is 10.0 Å². The van der Waals surface area contributed by atoms with Gasteiger partial charge in [0.05, 0.1) is 5.56 Å². The molecule has 23 heavy (non-hydrogen) atoms. The molecule has 0 radical (unpaired) electrons. The number of nitrogens with two attached hydrogens (primary N) is 1. The second kappa shape index (κ2) is 7.17. The Morgan fingerprint density at radius 3 is 2.57 bits per heavy atom. The summed E-state index contributed by atoms with van der Waals surface area (Å²) in [5.41, 5.74) is 7.16. The SMILES string of the molecule is Cc1sc(NC(=O)C=Cc2ccc(Cl)cc2Cl)c(C(N)=O)c1C. The lowest BCUT2D eigenvalue weighted by Crippen LogP contribution is -2.16. The highest BCUT2D eigenvalue weighted by Gasteiger charge is 2.18. The summed E-state index contributed by atoms with van der Waals surface area (Å²) < 4.78 is 0. The highest BCUT2D eigenvalue weighted by atomic mass is 35.5. The van der Waals surface area contributed by atoms with E-state index < -0.39 is 5.91 Å². The third kappa shape index (κ3) is 4.13. The molecular weight excluding hydrogens is 355 g/mol. The van der Waals surface area contributed by atoms with Gasteiger partial charge in [-0.2, -0.15) is 0 Å². The lowest BCUT2D eigenvalue weighted by Gasteiger charge is -2.02. The normalized spacial score (nSPS) is 11.0. The van der Waals surface area contributed by atoms with E-state index in [1.807, 2.05) is 6.92 Å². The summed E-state index contributed by atoms with van der Waals surface area (Å²) in [5, 5.41) is 4.09. The molecule has 0 aliphatic carbocycles. The lowest BCUT2D eigenvalue weighted by atomic mass is 10.1. The van der Waals surface area contributed by atoms with E-state index >= 15 is 0 Å². The number of primary amides is 1. The Morgan fingerprint density at radius 2 is 1.96 bits per heavy atom. The number of anilines is 1. The number of amides is 2. The Morgan fingerprint density at radius 1 is 1.26 bits per heavy atom. The molecule has 2 rings (SSSR count). The largest absolute Gasteiger partial charge is 0.365 e. The number of benzene rings is 1. The topological polar surface area (TPSA) is 72.2 Å². The first-order valence-electron chi connectivity index (χ1n) is 6.63. The molecule has 0 fully saturated rings. The van der Waals surface area contributed by atoms with Crippen LogP contribution >= 0.6 is 34.5 Å². The maximum absolute atomic E-state index is 12.0. The van der Waals surface area contributed by atoms with Gasteiger partial charge in [0, 0.05) is 21.0 Å². The van der Waals surface area contributed by atoms with E-state index in [9.17, 15) is 9.59 Å². The summed E-state index contributed by atoms with van der Waals surface area (Å²) in [5.74, 6) is -0.938. The number of carbonyl (C=O) groups is 2. The third-order valence-corrected chi connectivity index (χ3v) is 4.93. The summed E-state index contributed by atoms with van der Waals surface area (Å²) >= 11 is 13.2. The molecule has 4 nitrogen and oxygen atoms in total. The van der Waals surface area contributed by atoms with E-state index in [1.54, 1.807) is 31.2 Å². The molecule has 0 aliphatic rings. The van der Waals surface area contributed by atoms with Gasteiger partial charge in [0.1, 0.15) is 5.00 Å². The molecule has 0 spiro atoms. The van der Waals surface area contributed by atoms with Crippen LogP contribution in [-0.2, 0) is 4.79 Å². The summed E-state index contributed by atoms with van der Waals surface area (Å²) in [7, 11) is 0. The fourth-order valence-corrected chi connectivity index (χ4v) is 3.51. The smallest absolute Gasteiger partial charge is 0.251 e. The number of hydrogen-bond acceptors (Lipinski definition) is 3. The predicted molar refractivity (Wildman–Crippen MR) is 96.4 cm³/mol. The van der Waals surface area contributed by atoms with Crippen LogP contribution in [0.25, 0.3) is 6.08 Å². The molecule has 0 atom stereocenters. The zero-order valence-corrected chi connectivity index (χ0v) is 14.8. The maximum Gasteiger partial charge on any atom is 0.251 e. The molecule has 0 unspecified atom stereocenters. The number of rotatable bonds is 4. The van der Waals surface area contributed by atoms with Crippen molar-refractivity contribution >= 4 is 57.4 Å². The molecule has 7 heteroatoms. The van der Waals surface area contributed by atoms with Crippen LogP contribution in [0, 0.1) is 13.8 Å². The van der Waals surface area contributed by atoms with Crippen molar-refractivity contribution in [2.75, 3.05) is 5.32 Å². The third-order valence-electron chi connectivity index (χ3n) is 3.25. The summed E-state index contributed by atoms with van der Waals surface area (Å²) in [6, 6.07) is 4.99. The van der Waals surface area contributed by atoms with Gasteiger partial charge in [0.15, 0.2) is 0 Å². The summed E-state index contributed by atoms with van der Waals surface area (Å²) in [6.45, 7) is 3.66. The molecule has 2 amide bonds. The van der Waals surface area contributed by atoms with Crippen molar-refractivity contribution in [1.29, 1.82) is 0 Å². The van der Waals surface area contributed by atoms with Gasteiger partial charge in [-0.3, -0.25) is 9.59 Å². The van der Waals surface area contributed by atoms with Gasteiger partial charge in [-0.15, -0.1) is 11.3 Å². The molecule has 1 aromatic heterocycles. The molecule has 1 heterocycles. The highest BCUT2D eigenvalue weighted by Crippen LogP contribution is 2.32. The van der Waals surface area contributed by atoms with Crippen molar-refractivity contribution in [1.82, 2.24) is 0 Å². The Labute approximate surface area is 147 Å². The van der Waals surface area contributed by atoms with E-state index in [-0.39, 0.29) is 5.91 Å². The van der Waals surface area contributed by atoms with Crippen molar-refractivity contribution in [3.63, 3.8) is 0 Å². The number of nitrogens with one attached hydrogen (secondary N) is 1. The van der Waals surface area contributed by atoms with E-state index in [0.29, 0.717) is 26.2 Å². The van der Waals surface area contributed by atoms with Crippen molar-refractivity contribution in [3.05, 3.63) is 55.9 Å². The van der Waals surface area contributed by atoms with E-state index in [2.05, 4.69) is 5.32 Å². The molecule has 120 valence electrons. The Hall–Kier alpha value is -1.82. The lowest BCUT2D eigenvalue weighted by molar-refractivity contribution is -0.111. The predicted octanol–water partition coefficient (Wildman–Crippen LogP) is 4.42. The standard InChI is InChI=1S/C16H14Cl2N2O2S/c1-8-9(2)23-16(14(8)15(19)22)20-13(21)6-4-10-3-5-11(17)7-12(10)18/h3-7H,1-2H3,(H2,19,22)(H,20,21). The first-order chi connectivity index (χ1) is 10.8. The summed E-state index contributed by atoms with van der Waals surface area (Å²) in [4.78, 5) is 24.5. The maximum atomic E-state index is 12.0. The zero-order chi connectivity index (χ0) is 17.1. The van der Waals surface area contributed by atoms with Crippen molar-refractivity contribution in [3.8, 4) is 0 Å². The van der Waals surface area contributed by atoms with Crippen LogP contribution in [0.5, 0.6) is 0 Å². The molecule has 0 saturated heterocycles. The molecule has 0 aliphatic heterocycles. The number of hydrogen-bond donors (Lipinski definition) is 2. The highest BCUT2D eigenvalue weighted by molar-refractivity contribution is 7.16. The van der Waals surface area contributed by atoms with Crippen molar-refractivity contribution in [2.45, 2.75) is 13.8 Å². The molecule has 3 N–H and O–H groups in total. The van der Waals surface area contributed by atoms with Crippen molar-refractivity contribution < 1.29 is 9.59 Å². The first kappa shape index (κ1) is 17.5. The van der Waals surface area contributed by atoms with Crippen LogP contribution in [-0.4, -0.2) is 11.8 Å². The van der Waals surface area contributed by atoms with Crippen LogP contribution in [0.3, 0.4) is 0 Å². The van der Waals surface area contributed by atoms with Gasteiger partial charge in [-0.1, -0.05) is 29.3 Å². The van der Waals surface area contributed by atoms with Gasteiger partial charge in [-0.25, -0.2) is 0 Å². The fraction of sp³-hybridized carbons (Fsp3) is 0.125. The minimum atomic E-state index is -0.563. The second-order valence-electron chi connectivity index (χ2n) is 4.84. The van der Waals surface area contributed by atoms with Crippen LogP contribution in [0.4, 0.5) is 5.00 Å². The quantitative estimate of drug-likeness (QED) is 0.783. The van der Waals surface area contributed by atoms with Crippen LogP contribution in [0.15, 0.2) is 24.3 Å². The molecule has 1 aromatic carbocycles. The van der Waals surface area contributed by atoms with Gasteiger partial charge < -0.3 is 11.1 Å². The number of carbonyl (C=O) groups excluding carboxylic acids is 2. The molecular formula is C16H14Cl2N2O2S. The number of halogens is 2. The van der Waals surface area contributed by atoms with E-state index in [1.165, 1.54) is 17.4 Å². The Balaban J connectivity index is 2.18. The van der Waals surface area contributed by atoms with Gasteiger partial charge in [0.2, 0.25) is 5.91 Å². The minimum absolute atomic E-state index is 0.346. The zero-order valence-electron chi connectivity index (χ0n) is 12.4. The Kier molecular flexibility index (Phi) is 5.46. The van der Waals surface area contributed by atoms with Crippen LogP contribution < -0.4 is 11.1 Å². The average Bonchev–Trinajstić information content (AvgIpc) is 2.72. The van der Waals surface area contributed by atoms with E-state index in [0.717, 1.165) is 10.4 Å². The monoisotopic (exact) mass is 368 g/mol. The van der Waals surface area contributed by atoms with Gasteiger partial charge >= 0.3 is 0 Å².